The minimum Gasteiger partial charge on any atom is -0.394 e. The Bertz CT molecular complexity index is 797. The van der Waals surface area contributed by atoms with Crippen LogP contribution in [0.25, 0.3) is 11.2 Å². The molecular weight excluding hydrogens is 370 g/mol. The number of hydrogen-bond acceptors (Lipinski definition) is 8. The molecule has 0 bridgehead atoms. The number of rotatable bonds is 8. The number of fused-ring (bicyclic) bond motifs is 1. The number of nitrogens with zero attached hydrogens (tertiary/aromatic N) is 5. The molecule has 0 amide bonds. The molecule has 0 saturated heterocycles. The van der Waals surface area contributed by atoms with Crippen LogP contribution in [-0.2, 0) is 4.84 Å². The van der Waals surface area contributed by atoms with E-state index in [1.165, 1.54) is 12.8 Å². The first-order valence-electron chi connectivity index (χ1n) is 11.0. The maximum atomic E-state index is 9.18. The standard InChI is InChI=1S/C20H33N7O2/c1-2-27(29-12-11-28)19-17-18(26(13-22-17)16-5-3-4-6-16)24-20(25-19)23-15-9-7-14(21)8-10-15/h13-16,28H,2-12,21H2,1H3,(H,23,24,25). The predicted octanol–water partition coefficient (Wildman–Crippen LogP) is 2.37. The van der Waals surface area contributed by atoms with Crippen molar-refractivity contribution >= 4 is 22.9 Å². The Morgan fingerprint density at radius 2 is 1.97 bits per heavy atom. The summed E-state index contributed by atoms with van der Waals surface area (Å²) in [5.41, 5.74) is 7.65. The van der Waals surface area contributed by atoms with E-state index in [1.54, 1.807) is 5.06 Å². The van der Waals surface area contributed by atoms with Crippen molar-refractivity contribution in [2.75, 3.05) is 30.1 Å². The summed E-state index contributed by atoms with van der Waals surface area (Å²) in [6.45, 7) is 2.76. The maximum absolute atomic E-state index is 9.18. The molecule has 0 spiro atoms. The number of aromatic nitrogens is 4. The molecular formula is C20H33N7O2. The van der Waals surface area contributed by atoms with Crippen molar-refractivity contribution in [3.05, 3.63) is 6.33 Å². The van der Waals surface area contributed by atoms with Crippen LogP contribution in [0.3, 0.4) is 0 Å². The summed E-state index contributed by atoms with van der Waals surface area (Å²) in [4.78, 5) is 20.0. The molecule has 2 aromatic heterocycles. The van der Waals surface area contributed by atoms with Gasteiger partial charge in [-0.1, -0.05) is 12.8 Å². The summed E-state index contributed by atoms with van der Waals surface area (Å²) in [7, 11) is 0. The van der Waals surface area contributed by atoms with Gasteiger partial charge in [0, 0.05) is 24.7 Å². The van der Waals surface area contributed by atoms with Gasteiger partial charge < -0.3 is 20.7 Å². The van der Waals surface area contributed by atoms with Crippen LogP contribution in [0.4, 0.5) is 11.8 Å². The summed E-state index contributed by atoms with van der Waals surface area (Å²) in [6, 6.07) is 1.08. The molecule has 9 heteroatoms. The van der Waals surface area contributed by atoms with Gasteiger partial charge in [0.15, 0.2) is 17.0 Å². The SMILES string of the molecule is CCN(OCCO)c1nc(NC2CCC(N)CC2)nc2c1ncn2C1CCCC1. The minimum absolute atomic E-state index is 0.0469. The summed E-state index contributed by atoms with van der Waals surface area (Å²) in [6.07, 6.45) is 10.8. The lowest BCUT2D eigenvalue weighted by molar-refractivity contribution is 0.0737. The number of nitrogens with one attached hydrogen (secondary N) is 1. The fraction of sp³-hybridized carbons (Fsp3) is 0.750. The molecule has 4 N–H and O–H groups in total. The number of aliphatic hydroxyl groups excluding tert-OH is 1. The Kier molecular flexibility index (Phi) is 6.46. The first-order valence-corrected chi connectivity index (χ1v) is 11.0. The maximum Gasteiger partial charge on any atom is 0.227 e. The van der Waals surface area contributed by atoms with Crippen molar-refractivity contribution in [2.45, 2.75) is 76.4 Å². The predicted molar refractivity (Wildman–Crippen MR) is 113 cm³/mol. The highest BCUT2D eigenvalue weighted by molar-refractivity contribution is 5.84. The quantitative estimate of drug-likeness (QED) is 0.576. The monoisotopic (exact) mass is 403 g/mol. The zero-order valence-corrected chi connectivity index (χ0v) is 17.3. The van der Waals surface area contributed by atoms with Gasteiger partial charge >= 0.3 is 0 Å². The van der Waals surface area contributed by atoms with Crippen molar-refractivity contribution in [3.63, 3.8) is 0 Å². The second-order valence-electron chi connectivity index (χ2n) is 8.14. The van der Waals surface area contributed by atoms with Gasteiger partial charge in [0.25, 0.3) is 0 Å². The molecule has 0 aliphatic heterocycles. The van der Waals surface area contributed by atoms with Crippen LogP contribution in [0.1, 0.15) is 64.3 Å². The molecule has 0 aromatic carbocycles. The molecule has 0 radical (unpaired) electrons. The van der Waals surface area contributed by atoms with E-state index in [2.05, 4.69) is 14.9 Å². The van der Waals surface area contributed by atoms with E-state index < -0.39 is 0 Å². The highest BCUT2D eigenvalue weighted by Crippen LogP contribution is 2.34. The van der Waals surface area contributed by atoms with Crippen LogP contribution in [0.5, 0.6) is 0 Å². The molecule has 2 aliphatic rings. The first kappa shape index (κ1) is 20.3. The summed E-state index contributed by atoms with van der Waals surface area (Å²) >= 11 is 0. The van der Waals surface area contributed by atoms with E-state index in [1.807, 2.05) is 13.3 Å². The third-order valence-electron chi connectivity index (χ3n) is 6.09. The third kappa shape index (κ3) is 4.46. The molecule has 0 atom stereocenters. The van der Waals surface area contributed by atoms with E-state index in [4.69, 9.17) is 20.5 Å². The molecule has 4 rings (SSSR count). The smallest absolute Gasteiger partial charge is 0.227 e. The average Bonchev–Trinajstić information content (AvgIpc) is 3.40. The molecule has 2 heterocycles. The molecule has 29 heavy (non-hydrogen) atoms. The first-order chi connectivity index (χ1) is 14.2. The van der Waals surface area contributed by atoms with Crippen LogP contribution >= 0.6 is 0 Å². The van der Waals surface area contributed by atoms with Crippen LogP contribution in [0.2, 0.25) is 0 Å². The normalized spacial score (nSPS) is 23.0. The van der Waals surface area contributed by atoms with Gasteiger partial charge in [-0.2, -0.15) is 9.97 Å². The molecule has 2 aromatic rings. The summed E-state index contributed by atoms with van der Waals surface area (Å²) in [5, 5.41) is 14.4. The van der Waals surface area contributed by atoms with Crippen LogP contribution < -0.4 is 16.1 Å². The number of hydrogen-bond donors (Lipinski definition) is 3. The molecule has 2 saturated carbocycles. The molecule has 0 unspecified atom stereocenters. The Hall–Kier alpha value is -1.97. The van der Waals surface area contributed by atoms with Gasteiger partial charge in [0.1, 0.15) is 0 Å². The van der Waals surface area contributed by atoms with E-state index in [0.29, 0.717) is 36.4 Å². The minimum atomic E-state index is -0.0469. The summed E-state index contributed by atoms with van der Waals surface area (Å²) in [5.74, 6) is 1.26. The lowest BCUT2D eigenvalue weighted by Gasteiger charge is -2.27. The van der Waals surface area contributed by atoms with Crippen LogP contribution in [0, 0.1) is 0 Å². The van der Waals surface area contributed by atoms with Gasteiger partial charge in [-0.05, 0) is 45.4 Å². The molecule has 9 nitrogen and oxygen atoms in total. The number of anilines is 2. The fourth-order valence-electron chi connectivity index (χ4n) is 4.49. The van der Waals surface area contributed by atoms with E-state index in [9.17, 15) is 5.11 Å². The third-order valence-corrected chi connectivity index (χ3v) is 6.09. The van der Waals surface area contributed by atoms with Crippen molar-refractivity contribution in [1.82, 2.24) is 19.5 Å². The average molecular weight is 404 g/mol. The van der Waals surface area contributed by atoms with Crippen LogP contribution in [-0.4, -0.2) is 56.5 Å². The van der Waals surface area contributed by atoms with Crippen molar-refractivity contribution in [2.24, 2.45) is 5.73 Å². The largest absolute Gasteiger partial charge is 0.394 e. The Morgan fingerprint density at radius 1 is 1.21 bits per heavy atom. The number of hydroxylamine groups is 1. The highest BCUT2D eigenvalue weighted by atomic mass is 16.7. The zero-order valence-electron chi connectivity index (χ0n) is 17.3. The number of nitrogens with two attached hydrogens (primary N) is 1. The van der Waals surface area contributed by atoms with Crippen molar-refractivity contribution in [3.8, 4) is 0 Å². The van der Waals surface area contributed by atoms with Gasteiger partial charge in [0.05, 0.1) is 19.5 Å². The zero-order chi connectivity index (χ0) is 20.2. The van der Waals surface area contributed by atoms with E-state index in [0.717, 1.165) is 49.7 Å². The molecule has 160 valence electrons. The topological polar surface area (TPSA) is 114 Å². The van der Waals surface area contributed by atoms with Crippen molar-refractivity contribution < 1.29 is 9.94 Å². The second kappa shape index (κ2) is 9.23. The Balaban J connectivity index is 1.69. The second-order valence-corrected chi connectivity index (χ2v) is 8.14. The molecule has 2 aliphatic carbocycles. The number of aliphatic hydroxyl groups is 1. The lowest BCUT2D eigenvalue weighted by atomic mass is 9.92. The Morgan fingerprint density at radius 3 is 2.66 bits per heavy atom. The summed E-state index contributed by atoms with van der Waals surface area (Å²) < 4.78 is 2.20. The van der Waals surface area contributed by atoms with Gasteiger partial charge in [0.2, 0.25) is 5.95 Å². The highest BCUT2D eigenvalue weighted by Gasteiger charge is 2.25. The lowest BCUT2D eigenvalue weighted by Crippen LogP contribution is -2.33. The molecule has 2 fully saturated rings. The van der Waals surface area contributed by atoms with Gasteiger partial charge in [-0.15, -0.1) is 0 Å². The van der Waals surface area contributed by atoms with E-state index >= 15 is 0 Å². The van der Waals surface area contributed by atoms with Crippen LogP contribution in [0.15, 0.2) is 6.33 Å². The van der Waals surface area contributed by atoms with Gasteiger partial charge in [-0.3, -0.25) is 4.84 Å². The van der Waals surface area contributed by atoms with Crippen molar-refractivity contribution in [1.29, 1.82) is 0 Å². The fourth-order valence-corrected chi connectivity index (χ4v) is 4.49. The van der Waals surface area contributed by atoms with Gasteiger partial charge in [-0.25, -0.2) is 10.0 Å². The Labute approximate surface area is 171 Å². The van der Waals surface area contributed by atoms with E-state index in [-0.39, 0.29) is 13.2 Å². The number of imidazole rings is 1.